The summed E-state index contributed by atoms with van der Waals surface area (Å²) in [5.74, 6) is -0.0890. The van der Waals surface area contributed by atoms with Crippen LogP contribution >= 0.6 is 23.2 Å². The van der Waals surface area contributed by atoms with Crippen LogP contribution in [0.4, 0.5) is 0 Å². The summed E-state index contributed by atoms with van der Waals surface area (Å²) < 4.78 is 0. The summed E-state index contributed by atoms with van der Waals surface area (Å²) in [6.07, 6.45) is 3.42. The van der Waals surface area contributed by atoms with E-state index in [-0.39, 0.29) is 18.5 Å². The predicted octanol–water partition coefficient (Wildman–Crippen LogP) is 3.36. The summed E-state index contributed by atoms with van der Waals surface area (Å²) in [6, 6.07) is 9.14. The maximum Gasteiger partial charge on any atom is 0.234 e. The number of hydrogen-bond donors (Lipinski definition) is 2. The smallest absolute Gasteiger partial charge is 0.234 e. The van der Waals surface area contributed by atoms with Crippen molar-refractivity contribution >= 4 is 29.1 Å². The van der Waals surface area contributed by atoms with E-state index < -0.39 is 0 Å². The quantitative estimate of drug-likeness (QED) is 0.849. The number of nitrogens with one attached hydrogen (secondary N) is 2. The third-order valence-corrected chi connectivity index (χ3v) is 4.06. The Hall–Kier alpha value is -1.62. The minimum Gasteiger partial charge on any atom is -0.351 e. The summed E-state index contributed by atoms with van der Waals surface area (Å²) in [4.78, 5) is 15.9. The highest BCUT2D eigenvalue weighted by Gasteiger charge is 2.12. The highest BCUT2D eigenvalue weighted by atomic mass is 35.5. The number of halogens is 2. The molecule has 2 N–H and O–H groups in total. The Balaban J connectivity index is 1.82. The van der Waals surface area contributed by atoms with Crippen LogP contribution in [0, 0.1) is 0 Å². The maximum atomic E-state index is 11.9. The molecule has 0 saturated heterocycles. The van der Waals surface area contributed by atoms with E-state index >= 15 is 0 Å². The van der Waals surface area contributed by atoms with E-state index in [1.165, 1.54) is 0 Å². The van der Waals surface area contributed by atoms with Crippen molar-refractivity contribution in [2.75, 3.05) is 6.54 Å². The lowest BCUT2D eigenvalue weighted by Crippen LogP contribution is -2.34. The highest BCUT2D eigenvalue weighted by molar-refractivity contribution is 6.42. The molecule has 0 bridgehead atoms. The molecule has 2 aromatic rings. The molecule has 0 aliphatic heterocycles. The number of carbonyl (C=O) groups excluding carboxylic acids is 1. The van der Waals surface area contributed by atoms with Crippen molar-refractivity contribution < 1.29 is 4.79 Å². The molecule has 1 aromatic carbocycles. The van der Waals surface area contributed by atoms with Gasteiger partial charge >= 0.3 is 0 Å². The fourth-order valence-electron chi connectivity index (χ4n) is 1.98. The van der Waals surface area contributed by atoms with Crippen molar-refractivity contribution in [3.05, 3.63) is 63.9 Å². The van der Waals surface area contributed by atoms with Crippen LogP contribution in [0.1, 0.15) is 24.1 Å². The molecule has 0 spiro atoms. The highest BCUT2D eigenvalue weighted by Crippen LogP contribution is 2.29. The van der Waals surface area contributed by atoms with Gasteiger partial charge in [-0.1, -0.05) is 41.4 Å². The monoisotopic (exact) mass is 337 g/mol. The van der Waals surface area contributed by atoms with Crippen molar-refractivity contribution in [2.24, 2.45) is 0 Å². The first kappa shape index (κ1) is 16.7. The number of carbonyl (C=O) groups is 1. The lowest BCUT2D eigenvalue weighted by molar-refractivity contribution is -0.120. The van der Waals surface area contributed by atoms with Gasteiger partial charge in [0.25, 0.3) is 0 Å². The number of amides is 1. The predicted molar refractivity (Wildman–Crippen MR) is 89.0 cm³/mol. The van der Waals surface area contributed by atoms with Crippen LogP contribution in [0.2, 0.25) is 10.0 Å². The fraction of sp³-hybridized carbons (Fsp3) is 0.250. The van der Waals surface area contributed by atoms with Crippen LogP contribution in [-0.4, -0.2) is 17.4 Å². The van der Waals surface area contributed by atoms with Crippen molar-refractivity contribution in [3.8, 4) is 0 Å². The maximum absolute atomic E-state index is 11.9. The van der Waals surface area contributed by atoms with Gasteiger partial charge in [0.05, 0.1) is 16.6 Å². The molecule has 1 atom stereocenters. The van der Waals surface area contributed by atoms with Gasteiger partial charge in [0, 0.05) is 25.0 Å². The topological polar surface area (TPSA) is 54.0 Å². The fourth-order valence-corrected chi connectivity index (χ4v) is 2.45. The van der Waals surface area contributed by atoms with Crippen molar-refractivity contribution in [1.29, 1.82) is 0 Å². The molecule has 1 aromatic heterocycles. The second-order valence-corrected chi connectivity index (χ2v) is 5.67. The second kappa shape index (κ2) is 8.13. The molecule has 0 unspecified atom stereocenters. The summed E-state index contributed by atoms with van der Waals surface area (Å²) in [5, 5.41) is 6.99. The van der Waals surface area contributed by atoms with E-state index in [1.807, 2.05) is 31.2 Å². The lowest BCUT2D eigenvalue weighted by atomic mass is 10.1. The first-order valence-corrected chi connectivity index (χ1v) is 7.66. The Labute approximate surface area is 139 Å². The molecule has 1 heterocycles. The average Bonchev–Trinajstić information content (AvgIpc) is 2.54. The molecule has 0 aliphatic carbocycles. The molecular weight excluding hydrogens is 321 g/mol. The van der Waals surface area contributed by atoms with Gasteiger partial charge in [-0.3, -0.25) is 9.78 Å². The number of benzene rings is 1. The van der Waals surface area contributed by atoms with Crippen LogP contribution in [0.25, 0.3) is 0 Å². The van der Waals surface area contributed by atoms with Gasteiger partial charge in [-0.05, 0) is 30.2 Å². The first-order chi connectivity index (χ1) is 10.6. The Bertz CT molecular complexity index is 635. The minimum atomic E-state index is -0.0890. The summed E-state index contributed by atoms with van der Waals surface area (Å²) >= 11 is 12.2. The third-order valence-electron chi connectivity index (χ3n) is 3.23. The van der Waals surface area contributed by atoms with Gasteiger partial charge in [-0.25, -0.2) is 0 Å². The van der Waals surface area contributed by atoms with E-state index in [0.717, 1.165) is 11.1 Å². The van der Waals surface area contributed by atoms with E-state index in [0.29, 0.717) is 16.6 Å². The number of nitrogens with zero attached hydrogens (tertiary/aromatic N) is 1. The molecule has 0 fully saturated rings. The van der Waals surface area contributed by atoms with E-state index in [1.54, 1.807) is 18.5 Å². The number of hydrogen-bond acceptors (Lipinski definition) is 3. The zero-order valence-electron chi connectivity index (χ0n) is 12.1. The van der Waals surface area contributed by atoms with Crippen LogP contribution in [0.15, 0.2) is 42.7 Å². The van der Waals surface area contributed by atoms with Gasteiger partial charge in [-0.15, -0.1) is 0 Å². The second-order valence-electron chi connectivity index (χ2n) is 4.88. The zero-order valence-corrected chi connectivity index (χ0v) is 13.7. The van der Waals surface area contributed by atoms with Crippen LogP contribution in [0.3, 0.4) is 0 Å². The SMILES string of the molecule is C[C@H](NCC(=O)NCc1cccnc1)c1cccc(Cl)c1Cl. The lowest BCUT2D eigenvalue weighted by Gasteiger charge is -2.16. The minimum absolute atomic E-state index is 0.0738. The first-order valence-electron chi connectivity index (χ1n) is 6.91. The summed E-state index contributed by atoms with van der Waals surface area (Å²) in [5.41, 5.74) is 1.83. The van der Waals surface area contributed by atoms with Gasteiger partial charge in [0.2, 0.25) is 5.91 Å². The largest absolute Gasteiger partial charge is 0.351 e. The molecule has 0 radical (unpaired) electrons. The Kier molecular flexibility index (Phi) is 6.19. The normalized spacial score (nSPS) is 12.0. The zero-order chi connectivity index (χ0) is 15.9. The van der Waals surface area contributed by atoms with Crippen molar-refractivity contribution in [3.63, 3.8) is 0 Å². The van der Waals surface area contributed by atoms with E-state index in [9.17, 15) is 4.79 Å². The van der Waals surface area contributed by atoms with E-state index in [4.69, 9.17) is 23.2 Å². The third kappa shape index (κ3) is 4.70. The molecule has 2 rings (SSSR count). The molecule has 1 amide bonds. The average molecular weight is 338 g/mol. The van der Waals surface area contributed by atoms with Crippen LogP contribution in [0.5, 0.6) is 0 Å². The van der Waals surface area contributed by atoms with Crippen LogP contribution < -0.4 is 10.6 Å². The van der Waals surface area contributed by atoms with Gasteiger partial charge in [0.1, 0.15) is 0 Å². The molecule has 0 saturated carbocycles. The van der Waals surface area contributed by atoms with Crippen LogP contribution in [-0.2, 0) is 11.3 Å². The van der Waals surface area contributed by atoms with Crippen molar-refractivity contribution in [2.45, 2.75) is 19.5 Å². The molecule has 0 aliphatic rings. The van der Waals surface area contributed by atoms with Gasteiger partial charge in [-0.2, -0.15) is 0 Å². The molecule has 22 heavy (non-hydrogen) atoms. The molecular formula is C16H17Cl2N3O. The Morgan fingerprint density at radius 3 is 2.82 bits per heavy atom. The van der Waals surface area contributed by atoms with E-state index in [2.05, 4.69) is 15.6 Å². The molecule has 116 valence electrons. The number of aromatic nitrogens is 1. The Morgan fingerprint density at radius 2 is 2.09 bits per heavy atom. The standard InChI is InChI=1S/C16H17Cl2N3O/c1-11(13-5-2-6-14(17)16(13)18)20-10-15(22)21-9-12-4-3-7-19-8-12/h2-8,11,20H,9-10H2,1H3,(H,21,22)/t11-/m0/s1. The summed E-state index contributed by atoms with van der Waals surface area (Å²) in [7, 11) is 0. The Morgan fingerprint density at radius 1 is 1.27 bits per heavy atom. The summed E-state index contributed by atoms with van der Waals surface area (Å²) in [6.45, 7) is 2.59. The number of pyridine rings is 1. The molecule has 4 nitrogen and oxygen atoms in total. The number of rotatable bonds is 6. The van der Waals surface area contributed by atoms with Crippen molar-refractivity contribution in [1.82, 2.24) is 15.6 Å². The molecule has 6 heteroatoms. The van der Waals surface area contributed by atoms with Gasteiger partial charge in [0.15, 0.2) is 0 Å². The van der Waals surface area contributed by atoms with Gasteiger partial charge < -0.3 is 10.6 Å².